The average Bonchev–Trinajstić information content (AvgIpc) is 2.13. The van der Waals surface area contributed by atoms with Crippen molar-refractivity contribution in [1.82, 2.24) is 0 Å². The Morgan fingerprint density at radius 1 is 1.20 bits per heavy atom. The van der Waals surface area contributed by atoms with Crippen LogP contribution in [-0.2, 0) is 6.42 Å². The van der Waals surface area contributed by atoms with Gasteiger partial charge in [0.2, 0.25) is 0 Å². The Morgan fingerprint density at radius 3 is 2.33 bits per heavy atom. The van der Waals surface area contributed by atoms with E-state index in [1.165, 1.54) is 17.5 Å². The van der Waals surface area contributed by atoms with Gasteiger partial charge in [0.05, 0.1) is 0 Å². The predicted octanol–water partition coefficient (Wildman–Crippen LogP) is 4.59. The molecular weight excluding hydrogens is 248 g/mol. The summed E-state index contributed by atoms with van der Waals surface area (Å²) >= 11 is 3.72. The van der Waals surface area contributed by atoms with Gasteiger partial charge in [-0.3, -0.25) is 0 Å². The van der Waals surface area contributed by atoms with Crippen molar-refractivity contribution in [1.29, 1.82) is 0 Å². The lowest BCUT2D eigenvalue weighted by molar-refractivity contribution is 0.384. The summed E-state index contributed by atoms with van der Waals surface area (Å²) in [5.41, 5.74) is 2.82. The number of hydrogen-bond donors (Lipinski definition) is 0. The Balaban J connectivity index is 2.74. The molecule has 1 aromatic rings. The van der Waals surface area contributed by atoms with Gasteiger partial charge in [-0.25, -0.2) is 0 Å². The highest BCUT2D eigenvalue weighted by Gasteiger charge is 2.18. The monoisotopic (exact) mass is 268 g/mol. The summed E-state index contributed by atoms with van der Waals surface area (Å²) in [6.45, 7) is 9.02. The number of rotatable bonds is 4. The molecule has 0 aliphatic heterocycles. The average molecular weight is 269 g/mol. The highest BCUT2D eigenvalue weighted by atomic mass is 79.9. The summed E-state index contributed by atoms with van der Waals surface area (Å²) in [5, 5.41) is 0. The smallest absolute Gasteiger partial charge is 0.0151 e. The van der Waals surface area contributed by atoms with Crippen LogP contribution in [0.15, 0.2) is 24.3 Å². The Kier molecular flexibility index (Phi) is 4.85. The molecule has 1 aromatic carbocycles. The lowest BCUT2D eigenvalue weighted by Crippen LogP contribution is -2.20. The Labute approximate surface area is 102 Å². The van der Waals surface area contributed by atoms with Gasteiger partial charge in [0.1, 0.15) is 0 Å². The maximum atomic E-state index is 3.72. The van der Waals surface area contributed by atoms with E-state index in [1.54, 1.807) is 0 Å². The first-order valence-corrected chi connectivity index (χ1v) is 6.62. The van der Waals surface area contributed by atoms with Crippen LogP contribution in [0.5, 0.6) is 0 Å². The van der Waals surface area contributed by atoms with Crippen molar-refractivity contribution in [3.05, 3.63) is 35.4 Å². The molecule has 2 unspecified atom stereocenters. The first-order valence-electron chi connectivity index (χ1n) is 5.70. The van der Waals surface area contributed by atoms with E-state index >= 15 is 0 Å². The second-order valence-electron chi connectivity index (χ2n) is 4.78. The van der Waals surface area contributed by atoms with Gasteiger partial charge in [0, 0.05) is 4.83 Å². The second kappa shape index (κ2) is 5.69. The number of benzene rings is 1. The van der Waals surface area contributed by atoms with Crippen LogP contribution in [0.3, 0.4) is 0 Å². The number of hydrogen-bond acceptors (Lipinski definition) is 0. The second-order valence-corrected chi connectivity index (χ2v) is 6.22. The van der Waals surface area contributed by atoms with Gasteiger partial charge in [-0.2, -0.15) is 0 Å². The van der Waals surface area contributed by atoms with Crippen LogP contribution in [0.1, 0.15) is 31.9 Å². The maximum absolute atomic E-state index is 3.72. The van der Waals surface area contributed by atoms with Crippen LogP contribution in [0.2, 0.25) is 0 Å². The minimum Gasteiger partial charge on any atom is -0.0890 e. The third-order valence-corrected chi connectivity index (χ3v) is 3.68. The van der Waals surface area contributed by atoms with Crippen molar-refractivity contribution in [2.75, 3.05) is 0 Å². The van der Waals surface area contributed by atoms with Gasteiger partial charge >= 0.3 is 0 Å². The number of halogens is 1. The molecule has 0 saturated heterocycles. The zero-order chi connectivity index (χ0) is 11.4. The summed E-state index contributed by atoms with van der Waals surface area (Å²) in [6, 6.07) is 8.84. The quantitative estimate of drug-likeness (QED) is 0.701. The summed E-state index contributed by atoms with van der Waals surface area (Å²) in [5.74, 6) is 1.44. The molecule has 0 nitrogen and oxygen atoms in total. The summed E-state index contributed by atoms with van der Waals surface area (Å²) < 4.78 is 0. The number of aryl methyl sites for hydroxylation is 1. The van der Waals surface area contributed by atoms with Gasteiger partial charge in [0.25, 0.3) is 0 Å². The van der Waals surface area contributed by atoms with Gasteiger partial charge < -0.3 is 0 Å². The molecule has 0 N–H and O–H groups in total. The van der Waals surface area contributed by atoms with Crippen LogP contribution >= 0.6 is 15.9 Å². The van der Waals surface area contributed by atoms with E-state index in [9.17, 15) is 0 Å². The van der Waals surface area contributed by atoms with Crippen molar-refractivity contribution >= 4 is 15.9 Å². The molecule has 0 fully saturated rings. The largest absolute Gasteiger partial charge is 0.0890 e. The van der Waals surface area contributed by atoms with Crippen LogP contribution in [-0.4, -0.2) is 4.83 Å². The molecule has 0 aliphatic carbocycles. The highest BCUT2D eigenvalue weighted by molar-refractivity contribution is 9.09. The molecule has 15 heavy (non-hydrogen) atoms. The van der Waals surface area contributed by atoms with Gasteiger partial charge in [-0.1, -0.05) is 66.5 Å². The minimum atomic E-state index is 0.581. The van der Waals surface area contributed by atoms with Crippen molar-refractivity contribution < 1.29 is 0 Å². The Bertz CT molecular complexity index is 294. The molecule has 0 spiro atoms. The molecule has 84 valence electrons. The van der Waals surface area contributed by atoms with E-state index in [0.717, 1.165) is 5.92 Å². The van der Waals surface area contributed by atoms with E-state index in [1.807, 2.05) is 0 Å². The first kappa shape index (κ1) is 12.8. The molecule has 0 radical (unpaired) electrons. The SMILES string of the molecule is Cc1cccc(CC(C(C)C)C(C)Br)c1. The molecule has 1 rings (SSSR count). The van der Waals surface area contributed by atoms with Crippen molar-refractivity contribution in [3.63, 3.8) is 0 Å². The van der Waals surface area contributed by atoms with Gasteiger partial charge in [-0.15, -0.1) is 0 Å². The fourth-order valence-corrected chi connectivity index (χ4v) is 2.84. The summed E-state index contributed by atoms with van der Waals surface area (Å²) in [4.78, 5) is 0.581. The van der Waals surface area contributed by atoms with Crippen LogP contribution in [0.4, 0.5) is 0 Å². The van der Waals surface area contributed by atoms with E-state index in [2.05, 4.69) is 67.9 Å². The first-order chi connectivity index (χ1) is 7.00. The van der Waals surface area contributed by atoms with Crippen LogP contribution in [0, 0.1) is 18.8 Å². The standard InChI is InChI=1S/C14H21Br/c1-10(2)14(12(4)15)9-13-7-5-6-11(3)8-13/h5-8,10,12,14H,9H2,1-4H3. The highest BCUT2D eigenvalue weighted by Crippen LogP contribution is 2.25. The van der Waals surface area contributed by atoms with E-state index < -0.39 is 0 Å². The van der Waals surface area contributed by atoms with E-state index in [0.29, 0.717) is 10.7 Å². The maximum Gasteiger partial charge on any atom is 0.0151 e. The third-order valence-electron chi connectivity index (χ3n) is 3.00. The van der Waals surface area contributed by atoms with Crippen molar-refractivity contribution in [2.45, 2.75) is 38.9 Å². The Morgan fingerprint density at radius 2 is 1.87 bits per heavy atom. The van der Waals surface area contributed by atoms with E-state index in [-0.39, 0.29) is 0 Å². The molecule has 0 saturated carbocycles. The normalized spacial score (nSPS) is 15.3. The predicted molar refractivity (Wildman–Crippen MR) is 71.6 cm³/mol. The van der Waals surface area contributed by atoms with Gasteiger partial charge in [0.15, 0.2) is 0 Å². The molecular formula is C14H21Br. The lowest BCUT2D eigenvalue weighted by atomic mass is 9.87. The molecule has 0 aromatic heterocycles. The van der Waals surface area contributed by atoms with Gasteiger partial charge in [-0.05, 0) is 30.7 Å². The molecule has 2 atom stereocenters. The summed E-state index contributed by atoms with van der Waals surface area (Å²) in [6.07, 6.45) is 1.17. The minimum absolute atomic E-state index is 0.581. The van der Waals surface area contributed by atoms with Crippen molar-refractivity contribution in [3.8, 4) is 0 Å². The fraction of sp³-hybridized carbons (Fsp3) is 0.571. The molecule has 0 bridgehead atoms. The van der Waals surface area contributed by atoms with Crippen LogP contribution < -0.4 is 0 Å². The zero-order valence-corrected chi connectivity index (χ0v) is 11.7. The summed E-state index contributed by atoms with van der Waals surface area (Å²) in [7, 11) is 0. The van der Waals surface area contributed by atoms with E-state index in [4.69, 9.17) is 0 Å². The third kappa shape index (κ3) is 3.98. The lowest BCUT2D eigenvalue weighted by Gasteiger charge is -2.23. The molecule has 0 aliphatic rings. The topological polar surface area (TPSA) is 0 Å². The molecule has 0 heterocycles. The number of alkyl halides is 1. The zero-order valence-electron chi connectivity index (χ0n) is 10.1. The fourth-order valence-electron chi connectivity index (χ4n) is 2.04. The van der Waals surface area contributed by atoms with Crippen LogP contribution in [0.25, 0.3) is 0 Å². The molecule has 0 amide bonds. The van der Waals surface area contributed by atoms with Crippen molar-refractivity contribution in [2.24, 2.45) is 11.8 Å². The molecule has 1 heteroatoms. The Hall–Kier alpha value is -0.300.